The van der Waals surface area contributed by atoms with Gasteiger partial charge < -0.3 is 15.2 Å². The molecular weight excluding hydrogens is 270 g/mol. The molecule has 0 radical (unpaired) electrons. The standard InChI is InChI=1S/C16H15NO4/c1-21-13-10-6-5-9-12(13)15(18)17-14(16(19)20)11-7-3-2-4-8-11/h2-10,14H,1H3,(H,17,18)(H,19,20). The van der Waals surface area contributed by atoms with Gasteiger partial charge in [-0.3, -0.25) is 4.79 Å². The van der Waals surface area contributed by atoms with Gasteiger partial charge in [-0.15, -0.1) is 0 Å². The van der Waals surface area contributed by atoms with Crippen molar-refractivity contribution in [3.8, 4) is 5.75 Å². The van der Waals surface area contributed by atoms with E-state index >= 15 is 0 Å². The topological polar surface area (TPSA) is 75.6 Å². The number of rotatable bonds is 5. The zero-order valence-corrected chi connectivity index (χ0v) is 11.4. The van der Waals surface area contributed by atoms with Crippen molar-refractivity contribution in [1.82, 2.24) is 5.32 Å². The number of hydrogen-bond acceptors (Lipinski definition) is 3. The van der Waals surface area contributed by atoms with Gasteiger partial charge in [0, 0.05) is 0 Å². The monoisotopic (exact) mass is 285 g/mol. The first-order chi connectivity index (χ1) is 10.1. The number of ether oxygens (including phenoxy) is 1. The molecule has 5 nitrogen and oxygen atoms in total. The number of para-hydroxylation sites is 1. The molecule has 2 rings (SSSR count). The van der Waals surface area contributed by atoms with Gasteiger partial charge in [0.05, 0.1) is 12.7 Å². The number of carboxylic acid groups (broad SMARTS) is 1. The van der Waals surface area contributed by atoms with Crippen LogP contribution >= 0.6 is 0 Å². The van der Waals surface area contributed by atoms with Crippen LogP contribution in [0.25, 0.3) is 0 Å². The van der Waals surface area contributed by atoms with Crippen LogP contribution in [0.3, 0.4) is 0 Å². The number of benzene rings is 2. The molecule has 2 N–H and O–H groups in total. The van der Waals surface area contributed by atoms with E-state index in [4.69, 9.17) is 4.74 Å². The molecule has 5 heteroatoms. The molecule has 108 valence electrons. The second kappa shape index (κ2) is 6.56. The first-order valence-electron chi connectivity index (χ1n) is 6.35. The summed E-state index contributed by atoms with van der Waals surface area (Å²) in [7, 11) is 1.46. The highest BCUT2D eigenvalue weighted by Gasteiger charge is 2.23. The van der Waals surface area contributed by atoms with E-state index in [0.29, 0.717) is 16.9 Å². The molecular formula is C16H15NO4. The molecule has 1 amide bonds. The largest absolute Gasteiger partial charge is 0.496 e. The Morgan fingerprint density at radius 3 is 2.29 bits per heavy atom. The first-order valence-corrected chi connectivity index (χ1v) is 6.35. The fourth-order valence-electron chi connectivity index (χ4n) is 1.97. The molecule has 0 aliphatic carbocycles. The zero-order valence-electron chi connectivity index (χ0n) is 11.4. The van der Waals surface area contributed by atoms with Crippen LogP contribution in [0.1, 0.15) is 22.0 Å². The molecule has 0 heterocycles. The number of aliphatic carboxylic acids is 1. The molecule has 0 saturated heterocycles. The summed E-state index contributed by atoms with van der Waals surface area (Å²) in [5.74, 6) is -1.22. The molecule has 0 fully saturated rings. The fraction of sp³-hybridized carbons (Fsp3) is 0.125. The Bertz CT molecular complexity index is 640. The average Bonchev–Trinajstić information content (AvgIpc) is 2.52. The predicted molar refractivity (Wildman–Crippen MR) is 77.3 cm³/mol. The van der Waals surface area contributed by atoms with Crippen molar-refractivity contribution in [2.75, 3.05) is 7.11 Å². The van der Waals surface area contributed by atoms with Gasteiger partial charge >= 0.3 is 5.97 Å². The van der Waals surface area contributed by atoms with Gasteiger partial charge in [0.1, 0.15) is 5.75 Å². The zero-order chi connectivity index (χ0) is 15.2. The van der Waals surface area contributed by atoms with Crippen LogP contribution < -0.4 is 10.1 Å². The van der Waals surface area contributed by atoms with Gasteiger partial charge in [0.15, 0.2) is 6.04 Å². The van der Waals surface area contributed by atoms with Crippen molar-refractivity contribution in [3.05, 3.63) is 65.7 Å². The Balaban J connectivity index is 2.25. The van der Waals surface area contributed by atoms with Crippen LogP contribution in [0.2, 0.25) is 0 Å². The van der Waals surface area contributed by atoms with Gasteiger partial charge in [0.25, 0.3) is 5.91 Å². The second-order valence-electron chi connectivity index (χ2n) is 4.36. The molecule has 2 aromatic rings. The number of hydrogen-bond donors (Lipinski definition) is 2. The van der Waals surface area contributed by atoms with E-state index in [1.807, 2.05) is 0 Å². The van der Waals surface area contributed by atoms with Gasteiger partial charge in [0.2, 0.25) is 0 Å². The van der Waals surface area contributed by atoms with Crippen molar-refractivity contribution in [2.45, 2.75) is 6.04 Å². The minimum Gasteiger partial charge on any atom is -0.496 e. The summed E-state index contributed by atoms with van der Waals surface area (Å²) in [6.45, 7) is 0. The molecule has 0 saturated carbocycles. The summed E-state index contributed by atoms with van der Waals surface area (Å²) in [5.41, 5.74) is 0.801. The van der Waals surface area contributed by atoms with Crippen molar-refractivity contribution >= 4 is 11.9 Å². The SMILES string of the molecule is COc1ccccc1C(=O)NC(C(=O)O)c1ccccc1. The van der Waals surface area contributed by atoms with E-state index in [0.717, 1.165) is 0 Å². The molecule has 1 unspecified atom stereocenters. The lowest BCUT2D eigenvalue weighted by Crippen LogP contribution is -2.33. The first kappa shape index (κ1) is 14.6. The molecule has 2 aromatic carbocycles. The summed E-state index contributed by atoms with van der Waals surface area (Å²) in [5, 5.41) is 11.8. The smallest absolute Gasteiger partial charge is 0.330 e. The lowest BCUT2D eigenvalue weighted by molar-refractivity contribution is -0.139. The van der Waals surface area contributed by atoms with Crippen LogP contribution in [0.15, 0.2) is 54.6 Å². The van der Waals surface area contributed by atoms with Crippen LogP contribution in [-0.4, -0.2) is 24.1 Å². The molecule has 1 atom stereocenters. The van der Waals surface area contributed by atoms with Gasteiger partial charge in [-0.1, -0.05) is 42.5 Å². The number of carbonyl (C=O) groups is 2. The number of carboxylic acids is 1. The van der Waals surface area contributed by atoms with Crippen LogP contribution in [0.4, 0.5) is 0 Å². The third-order valence-corrected chi connectivity index (χ3v) is 3.01. The summed E-state index contributed by atoms with van der Waals surface area (Å²) in [4.78, 5) is 23.6. The van der Waals surface area contributed by atoms with E-state index in [1.54, 1.807) is 54.6 Å². The van der Waals surface area contributed by atoms with E-state index in [-0.39, 0.29) is 0 Å². The summed E-state index contributed by atoms with van der Waals surface area (Å²) in [6, 6.07) is 14.1. The lowest BCUT2D eigenvalue weighted by atomic mass is 10.1. The number of amides is 1. The molecule has 0 aliphatic rings. The molecule has 0 bridgehead atoms. The minimum absolute atomic E-state index is 0.294. The van der Waals surface area contributed by atoms with Crippen molar-refractivity contribution in [2.24, 2.45) is 0 Å². The summed E-state index contributed by atoms with van der Waals surface area (Å²) < 4.78 is 5.11. The van der Waals surface area contributed by atoms with Crippen molar-refractivity contribution in [3.63, 3.8) is 0 Å². The maximum Gasteiger partial charge on any atom is 0.330 e. The predicted octanol–water partition coefficient (Wildman–Crippen LogP) is 2.25. The third-order valence-electron chi connectivity index (χ3n) is 3.01. The van der Waals surface area contributed by atoms with Crippen molar-refractivity contribution in [1.29, 1.82) is 0 Å². The lowest BCUT2D eigenvalue weighted by Gasteiger charge is -2.16. The highest BCUT2D eigenvalue weighted by atomic mass is 16.5. The van der Waals surface area contributed by atoms with Gasteiger partial charge in [-0.2, -0.15) is 0 Å². The minimum atomic E-state index is -1.12. The summed E-state index contributed by atoms with van der Waals surface area (Å²) >= 11 is 0. The normalized spacial score (nSPS) is 11.5. The quantitative estimate of drug-likeness (QED) is 0.883. The summed E-state index contributed by atoms with van der Waals surface area (Å²) in [6.07, 6.45) is 0. The molecule has 21 heavy (non-hydrogen) atoms. The Morgan fingerprint density at radius 1 is 1.05 bits per heavy atom. The number of methoxy groups -OCH3 is 1. The Kier molecular flexibility index (Phi) is 4.56. The Labute approximate surface area is 122 Å². The van der Waals surface area contributed by atoms with Gasteiger partial charge in [-0.05, 0) is 17.7 Å². The van der Waals surface area contributed by atoms with E-state index in [9.17, 15) is 14.7 Å². The van der Waals surface area contributed by atoms with E-state index in [2.05, 4.69) is 5.32 Å². The Morgan fingerprint density at radius 2 is 1.67 bits per heavy atom. The van der Waals surface area contributed by atoms with Crippen LogP contribution in [-0.2, 0) is 4.79 Å². The maximum absolute atomic E-state index is 12.3. The fourth-order valence-corrected chi connectivity index (χ4v) is 1.97. The third kappa shape index (κ3) is 3.39. The average molecular weight is 285 g/mol. The van der Waals surface area contributed by atoms with Crippen molar-refractivity contribution < 1.29 is 19.4 Å². The van der Waals surface area contributed by atoms with Crippen LogP contribution in [0.5, 0.6) is 5.75 Å². The Hall–Kier alpha value is -2.82. The number of nitrogens with one attached hydrogen (secondary N) is 1. The highest BCUT2D eigenvalue weighted by Crippen LogP contribution is 2.19. The second-order valence-corrected chi connectivity index (χ2v) is 4.36. The van der Waals surface area contributed by atoms with Crippen LogP contribution in [0, 0.1) is 0 Å². The van der Waals surface area contributed by atoms with E-state index < -0.39 is 17.9 Å². The highest BCUT2D eigenvalue weighted by molar-refractivity contribution is 5.99. The molecule has 0 aliphatic heterocycles. The molecule has 0 spiro atoms. The molecule has 0 aromatic heterocycles. The maximum atomic E-state index is 12.3. The van der Waals surface area contributed by atoms with E-state index in [1.165, 1.54) is 7.11 Å². The van der Waals surface area contributed by atoms with Gasteiger partial charge in [-0.25, -0.2) is 4.79 Å². The number of carbonyl (C=O) groups excluding carboxylic acids is 1.